The van der Waals surface area contributed by atoms with Crippen LogP contribution in [0.1, 0.15) is 22.3 Å². The van der Waals surface area contributed by atoms with Crippen LogP contribution in [-0.4, -0.2) is 23.1 Å². The lowest BCUT2D eigenvalue weighted by Gasteiger charge is -2.16. The average molecular weight is 442 g/mol. The Morgan fingerprint density at radius 1 is 0.324 bits per heavy atom. The first-order chi connectivity index (χ1) is 16.5. The highest BCUT2D eigenvalue weighted by molar-refractivity contribution is 6.49. The van der Waals surface area contributed by atoms with Gasteiger partial charge in [-0.3, -0.25) is 19.2 Å². The first-order valence-electron chi connectivity index (χ1n) is 10.8. The largest absolute Gasteiger partial charge is 0.290 e. The van der Waals surface area contributed by atoms with Crippen LogP contribution in [0.3, 0.4) is 0 Å². The predicted molar refractivity (Wildman–Crippen MR) is 131 cm³/mol. The van der Waals surface area contributed by atoms with Gasteiger partial charge in [-0.25, -0.2) is 0 Å². The number of rotatable bonds is 4. The lowest BCUT2D eigenvalue weighted by molar-refractivity contribution is -0.112. The van der Waals surface area contributed by atoms with Crippen molar-refractivity contribution in [3.63, 3.8) is 0 Å². The standard InChI is InChI=1S/C30H18O4/c31-23-15-25(19-7-3-1-4-8-19)29(33)27(17-23)21-11-13-22(14-12-21)28-18-24(32)16-26(30(28)34)20-9-5-2-6-10-20/h1-18H. The molecular weight excluding hydrogens is 424 g/mol. The Hall–Kier alpha value is -4.70. The van der Waals surface area contributed by atoms with Gasteiger partial charge in [0.25, 0.3) is 0 Å². The van der Waals surface area contributed by atoms with Crippen LogP contribution in [0, 0.1) is 0 Å². The second-order valence-corrected chi connectivity index (χ2v) is 8.00. The molecule has 0 aliphatic heterocycles. The molecule has 4 nitrogen and oxygen atoms in total. The van der Waals surface area contributed by atoms with Gasteiger partial charge >= 0.3 is 0 Å². The number of hydrogen-bond donors (Lipinski definition) is 0. The van der Waals surface area contributed by atoms with Gasteiger partial charge in [0, 0.05) is 22.3 Å². The van der Waals surface area contributed by atoms with E-state index in [1.165, 1.54) is 24.3 Å². The molecule has 34 heavy (non-hydrogen) atoms. The zero-order chi connectivity index (χ0) is 23.7. The highest BCUT2D eigenvalue weighted by Gasteiger charge is 2.26. The third-order valence-electron chi connectivity index (χ3n) is 5.80. The van der Waals surface area contributed by atoms with Crippen LogP contribution in [0.4, 0.5) is 0 Å². The van der Waals surface area contributed by atoms with E-state index in [9.17, 15) is 19.2 Å². The SMILES string of the molecule is O=C1C=C(c2ccccc2)C(=O)C(c2ccc(C3=CC(=O)C=C(c4ccccc4)C3=O)cc2)=C1. The third-order valence-corrected chi connectivity index (χ3v) is 5.80. The zero-order valence-electron chi connectivity index (χ0n) is 18.0. The molecule has 0 atom stereocenters. The van der Waals surface area contributed by atoms with E-state index in [1.807, 2.05) is 36.4 Å². The molecule has 3 aromatic carbocycles. The average Bonchev–Trinajstić information content (AvgIpc) is 2.87. The summed E-state index contributed by atoms with van der Waals surface area (Å²) in [5, 5.41) is 0. The molecule has 0 saturated carbocycles. The van der Waals surface area contributed by atoms with Crippen molar-refractivity contribution in [2.75, 3.05) is 0 Å². The van der Waals surface area contributed by atoms with Crippen LogP contribution < -0.4 is 0 Å². The van der Waals surface area contributed by atoms with E-state index in [2.05, 4.69) is 0 Å². The highest BCUT2D eigenvalue weighted by Crippen LogP contribution is 2.32. The molecule has 0 fully saturated rings. The second kappa shape index (κ2) is 8.68. The molecule has 162 valence electrons. The Morgan fingerprint density at radius 2 is 0.588 bits per heavy atom. The summed E-state index contributed by atoms with van der Waals surface area (Å²) in [6.45, 7) is 0. The summed E-state index contributed by atoms with van der Waals surface area (Å²) in [6.07, 6.45) is 5.36. The summed E-state index contributed by atoms with van der Waals surface area (Å²) in [4.78, 5) is 51.0. The number of benzene rings is 3. The maximum atomic E-state index is 13.1. The fourth-order valence-corrected chi connectivity index (χ4v) is 4.13. The highest BCUT2D eigenvalue weighted by atomic mass is 16.1. The summed E-state index contributed by atoms with van der Waals surface area (Å²) in [5.41, 5.74) is 3.78. The summed E-state index contributed by atoms with van der Waals surface area (Å²) < 4.78 is 0. The van der Waals surface area contributed by atoms with E-state index in [0.29, 0.717) is 44.5 Å². The molecule has 0 bridgehead atoms. The van der Waals surface area contributed by atoms with Gasteiger partial charge in [0.1, 0.15) is 0 Å². The van der Waals surface area contributed by atoms with Gasteiger partial charge in [0.15, 0.2) is 23.1 Å². The summed E-state index contributed by atoms with van der Waals surface area (Å²) >= 11 is 0. The fourth-order valence-electron chi connectivity index (χ4n) is 4.13. The molecular formula is C30H18O4. The first kappa shape index (κ1) is 21.2. The summed E-state index contributed by atoms with van der Waals surface area (Å²) in [6, 6.07) is 24.9. The van der Waals surface area contributed by atoms with E-state index in [0.717, 1.165) is 0 Å². The molecule has 2 aliphatic rings. The van der Waals surface area contributed by atoms with Crippen molar-refractivity contribution in [3.8, 4) is 0 Å². The normalized spacial score (nSPS) is 16.0. The Kier molecular flexibility index (Phi) is 5.40. The number of carbonyl (C=O) groups excluding carboxylic acids is 4. The van der Waals surface area contributed by atoms with Gasteiger partial charge in [-0.05, 0) is 46.6 Å². The molecule has 0 aromatic heterocycles. The lowest BCUT2D eigenvalue weighted by atomic mass is 9.85. The maximum absolute atomic E-state index is 13.1. The van der Waals surface area contributed by atoms with Crippen LogP contribution in [0.15, 0.2) is 109 Å². The maximum Gasteiger partial charge on any atom is 0.194 e. The molecule has 0 heterocycles. The predicted octanol–water partition coefficient (Wildman–Crippen LogP) is 4.92. The van der Waals surface area contributed by atoms with Crippen molar-refractivity contribution < 1.29 is 19.2 Å². The number of ketones is 4. The quantitative estimate of drug-likeness (QED) is 0.538. The minimum atomic E-state index is -0.258. The third kappa shape index (κ3) is 3.93. The molecule has 0 radical (unpaired) electrons. The van der Waals surface area contributed by atoms with Crippen molar-refractivity contribution in [1.82, 2.24) is 0 Å². The van der Waals surface area contributed by atoms with Gasteiger partial charge in [-0.15, -0.1) is 0 Å². The molecule has 0 N–H and O–H groups in total. The van der Waals surface area contributed by atoms with Crippen LogP contribution in [0.2, 0.25) is 0 Å². The van der Waals surface area contributed by atoms with E-state index < -0.39 is 0 Å². The van der Waals surface area contributed by atoms with Gasteiger partial charge in [-0.1, -0.05) is 84.9 Å². The minimum absolute atomic E-state index is 0.240. The van der Waals surface area contributed by atoms with Gasteiger partial charge in [-0.2, -0.15) is 0 Å². The number of carbonyl (C=O) groups is 4. The van der Waals surface area contributed by atoms with Crippen LogP contribution in [0.25, 0.3) is 22.3 Å². The van der Waals surface area contributed by atoms with E-state index >= 15 is 0 Å². The molecule has 4 heteroatoms. The number of hydrogen-bond acceptors (Lipinski definition) is 4. The molecule has 2 aliphatic carbocycles. The summed E-state index contributed by atoms with van der Waals surface area (Å²) in [5.74, 6) is -0.996. The fraction of sp³-hybridized carbons (Fsp3) is 0. The Morgan fingerprint density at radius 3 is 0.882 bits per heavy atom. The van der Waals surface area contributed by atoms with Gasteiger partial charge < -0.3 is 0 Å². The van der Waals surface area contributed by atoms with Crippen molar-refractivity contribution >= 4 is 45.4 Å². The van der Waals surface area contributed by atoms with Crippen molar-refractivity contribution in [2.24, 2.45) is 0 Å². The van der Waals surface area contributed by atoms with Crippen LogP contribution >= 0.6 is 0 Å². The molecule has 0 amide bonds. The van der Waals surface area contributed by atoms with Gasteiger partial charge in [0.05, 0.1) is 0 Å². The topological polar surface area (TPSA) is 68.3 Å². The Labute approximate surface area is 196 Å². The minimum Gasteiger partial charge on any atom is -0.290 e. The molecule has 0 spiro atoms. The zero-order valence-corrected chi connectivity index (χ0v) is 18.0. The van der Waals surface area contributed by atoms with Crippen molar-refractivity contribution in [2.45, 2.75) is 0 Å². The Bertz CT molecular complexity index is 1350. The molecule has 0 saturated heterocycles. The molecule has 3 aromatic rings. The van der Waals surface area contributed by atoms with E-state index in [-0.39, 0.29) is 23.1 Å². The van der Waals surface area contributed by atoms with Crippen molar-refractivity contribution in [3.05, 3.63) is 131 Å². The van der Waals surface area contributed by atoms with E-state index in [1.54, 1.807) is 48.5 Å². The first-order valence-corrected chi connectivity index (χ1v) is 10.8. The lowest BCUT2D eigenvalue weighted by Crippen LogP contribution is -2.14. The molecule has 0 unspecified atom stereocenters. The van der Waals surface area contributed by atoms with Crippen LogP contribution in [-0.2, 0) is 19.2 Å². The second-order valence-electron chi connectivity index (χ2n) is 8.00. The van der Waals surface area contributed by atoms with E-state index in [4.69, 9.17) is 0 Å². The van der Waals surface area contributed by atoms with Crippen molar-refractivity contribution in [1.29, 1.82) is 0 Å². The smallest absolute Gasteiger partial charge is 0.194 e. The monoisotopic (exact) mass is 442 g/mol. The number of Topliss-reactive ketones (excluding diaryl/α,β-unsaturated/α-hetero) is 2. The van der Waals surface area contributed by atoms with Gasteiger partial charge in [0.2, 0.25) is 0 Å². The number of allylic oxidation sites excluding steroid dienone is 8. The summed E-state index contributed by atoms with van der Waals surface area (Å²) in [7, 11) is 0. The molecule has 5 rings (SSSR count). The van der Waals surface area contributed by atoms with Crippen LogP contribution in [0.5, 0.6) is 0 Å². The Balaban J connectivity index is 1.44.